The zero-order chi connectivity index (χ0) is 21.1. The zero-order valence-corrected chi connectivity index (χ0v) is 17.4. The first kappa shape index (κ1) is 23.3. The van der Waals surface area contributed by atoms with Gasteiger partial charge >= 0.3 is 0 Å². The van der Waals surface area contributed by atoms with E-state index in [1.54, 1.807) is 0 Å². The predicted octanol–water partition coefficient (Wildman–Crippen LogP) is 3.45. The lowest BCUT2D eigenvalue weighted by atomic mass is 9.97. The minimum Gasteiger partial charge on any atom is -0.493 e. The normalized spacial score (nSPS) is 12.7. The summed E-state index contributed by atoms with van der Waals surface area (Å²) in [7, 11) is 0. The van der Waals surface area contributed by atoms with E-state index in [9.17, 15) is 4.79 Å². The monoisotopic (exact) mass is 383 g/mol. The Kier molecular flexibility index (Phi) is 9.86. The molecule has 5 N–H and O–H groups in total. The van der Waals surface area contributed by atoms with Crippen LogP contribution in [0.2, 0.25) is 0 Å². The summed E-state index contributed by atoms with van der Waals surface area (Å²) in [6, 6.07) is 5.86. The minimum absolute atomic E-state index is 0.108. The molecule has 1 aromatic carbocycles. The number of ether oxygens (including phenoxy) is 1. The van der Waals surface area contributed by atoms with Gasteiger partial charge in [0.15, 0.2) is 0 Å². The first-order valence-corrected chi connectivity index (χ1v) is 9.48. The lowest BCUT2D eigenvalue weighted by Crippen LogP contribution is -2.23. The fourth-order valence-electron chi connectivity index (χ4n) is 2.51. The van der Waals surface area contributed by atoms with E-state index < -0.39 is 0 Å². The highest BCUT2D eigenvalue weighted by Gasteiger charge is 2.09. The van der Waals surface area contributed by atoms with Crippen LogP contribution >= 0.6 is 0 Å². The number of nitrogens with one attached hydrogen (secondary N) is 1. The van der Waals surface area contributed by atoms with E-state index in [0.29, 0.717) is 25.5 Å². The smallest absolute Gasteiger partial charge is 0.217 e. The molecular weight excluding hydrogens is 350 g/mol. The first-order chi connectivity index (χ1) is 13.2. The lowest BCUT2D eigenvalue weighted by Gasteiger charge is -2.14. The van der Waals surface area contributed by atoms with Crippen LogP contribution in [0.5, 0.6) is 5.75 Å². The third-order valence-electron chi connectivity index (χ3n) is 3.95. The lowest BCUT2D eigenvalue weighted by molar-refractivity contribution is -0.118. The molecule has 0 heterocycles. The summed E-state index contributed by atoms with van der Waals surface area (Å²) < 4.78 is 5.87. The first-order valence-electron chi connectivity index (χ1n) is 9.48. The molecule has 1 unspecified atom stereocenters. The van der Waals surface area contributed by atoms with Crippen LogP contribution in [-0.2, 0) is 4.79 Å². The molecule has 0 radical (unpaired) electrons. The maximum Gasteiger partial charge on any atom is 0.217 e. The molecule has 0 fully saturated rings. The van der Waals surface area contributed by atoms with Gasteiger partial charge in [-0.2, -0.15) is 0 Å². The molecule has 0 saturated heterocycles. The van der Waals surface area contributed by atoms with E-state index in [2.05, 4.69) is 37.5 Å². The summed E-state index contributed by atoms with van der Waals surface area (Å²) in [6.45, 7) is 12.6. The Morgan fingerprint density at radius 3 is 2.64 bits per heavy atom. The number of benzene rings is 1. The van der Waals surface area contributed by atoms with Gasteiger partial charge in [0.2, 0.25) is 5.91 Å². The molecule has 5 nitrogen and oxygen atoms in total. The molecule has 1 atom stereocenters. The maximum atomic E-state index is 11.0. The zero-order valence-electron chi connectivity index (χ0n) is 17.4. The molecule has 152 valence electrons. The molecule has 0 bridgehead atoms. The van der Waals surface area contributed by atoms with Crippen molar-refractivity contribution in [1.82, 2.24) is 5.32 Å². The number of carbonyl (C=O) groups excluding carboxylic acids is 1. The highest BCUT2D eigenvalue weighted by atomic mass is 16.5. The van der Waals surface area contributed by atoms with E-state index in [0.717, 1.165) is 28.0 Å². The van der Waals surface area contributed by atoms with Crippen LogP contribution in [0.3, 0.4) is 0 Å². The van der Waals surface area contributed by atoms with Crippen LogP contribution < -0.4 is 21.5 Å². The summed E-state index contributed by atoms with van der Waals surface area (Å²) in [5.41, 5.74) is 18.7. The number of rotatable bonds is 10. The van der Waals surface area contributed by atoms with Gasteiger partial charge in [-0.15, -0.1) is 5.73 Å². The van der Waals surface area contributed by atoms with Crippen molar-refractivity contribution in [3.8, 4) is 5.75 Å². The van der Waals surface area contributed by atoms with Crippen LogP contribution in [-0.4, -0.2) is 25.1 Å². The fraction of sp³-hybridized carbons (Fsp3) is 0.391. The van der Waals surface area contributed by atoms with Crippen LogP contribution in [0, 0.1) is 12.8 Å². The Morgan fingerprint density at radius 1 is 1.36 bits per heavy atom. The molecule has 28 heavy (non-hydrogen) atoms. The van der Waals surface area contributed by atoms with Crippen molar-refractivity contribution in [2.24, 2.45) is 17.4 Å². The van der Waals surface area contributed by atoms with Crippen LogP contribution in [0.25, 0.3) is 5.57 Å². The van der Waals surface area contributed by atoms with Gasteiger partial charge in [0.05, 0.1) is 6.61 Å². The highest BCUT2D eigenvalue weighted by molar-refractivity contribution is 5.73. The second-order valence-electron chi connectivity index (χ2n) is 7.27. The van der Waals surface area contributed by atoms with Gasteiger partial charge in [-0.3, -0.25) is 4.79 Å². The van der Waals surface area contributed by atoms with Gasteiger partial charge in [-0.25, -0.2) is 0 Å². The highest BCUT2D eigenvalue weighted by Crippen LogP contribution is 2.25. The molecule has 1 rings (SSSR count). The fourth-order valence-corrected chi connectivity index (χ4v) is 2.51. The number of hydrogen-bond acceptors (Lipinski definition) is 4. The van der Waals surface area contributed by atoms with E-state index in [-0.39, 0.29) is 11.9 Å². The summed E-state index contributed by atoms with van der Waals surface area (Å²) in [5, 5.41) is 2.71. The third-order valence-corrected chi connectivity index (χ3v) is 3.95. The van der Waals surface area contributed by atoms with Crippen LogP contribution in [0.1, 0.15) is 38.3 Å². The molecular formula is C23H33N3O2. The minimum atomic E-state index is -0.239. The maximum absolute atomic E-state index is 11.0. The average Bonchev–Trinajstić information content (AvgIpc) is 2.63. The predicted molar refractivity (Wildman–Crippen MR) is 117 cm³/mol. The Hall–Kier alpha value is -2.75. The van der Waals surface area contributed by atoms with Gasteiger partial charge in [0.25, 0.3) is 0 Å². The summed E-state index contributed by atoms with van der Waals surface area (Å²) in [5.74, 6) is 1.19. The molecule has 0 spiro atoms. The van der Waals surface area contributed by atoms with Crippen molar-refractivity contribution in [2.45, 2.75) is 40.2 Å². The van der Waals surface area contributed by atoms with Gasteiger partial charge < -0.3 is 21.5 Å². The van der Waals surface area contributed by atoms with E-state index in [4.69, 9.17) is 16.2 Å². The Balaban J connectivity index is 2.84. The Morgan fingerprint density at radius 2 is 2.07 bits per heavy atom. The second-order valence-corrected chi connectivity index (χ2v) is 7.27. The van der Waals surface area contributed by atoms with E-state index in [1.807, 2.05) is 31.2 Å². The molecule has 1 aromatic rings. The summed E-state index contributed by atoms with van der Waals surface area (Å²) >= 11 is 0. The molecule has 5 heteroatoms. The van der Waals surface area contributed by atoms with Crippen LogP contribution in [0.4, 0.5) is 0 Å². The number of amides is 1. The Bertz CT molecular complexity index is 772. The Labute approximate surface area is 168 Å². The standard InChI is InChI=1S/C23H33N3O2/c1-6-20(11-22(25)8-7-19(13-24)14-26-18(5)27)21-9-17(4)10-23(12-21)28-15-16(2)3/h7-10,12-13,16,22H,1,11,14-15,24-25H2,2-5H3,(H,26,27)/b8-7-,19-13+. The second kappa shape index (κ2) is 11.9. The van der Waals surface area contributed by atoms with Gasteiger partial charge in [-0.05, 0) is 54.3 Å². The van der Waals surface area contributed by atoms with E-state index >= 15 is 0 Å². The summed E-state index contributed by atoms with van der Waals surface area (Å²) in [6.07, 6.45) is 5.73. The van der Waals surface area contributed by atoms with Crippen molar-refractivity contribution in [2.75, 3.05) is 13.2 Å². The number of carbonyl (C=O) groups is 1. The van der Waals surface area contributed by atoms with Crippen molar-refractivity contribution in [3.05, 3.63) is 65.6 Å². The quantitative estimate of drug-likeness (QED) is 0.426. The third kappa shape index (κ3) is 8.76. The van der Waals surface area contributed by atoms with Crippen molar-refractivity contribution in [3.63, 3.8) is 0 Å². The topological polar surface area (TPSA) is 90.4 Å². The molecule has 0 saturated carbocycles. The van der Waals surface area contributed by atoms with Crippen molar-refractivity contribution >= 4 is 11.5 Å². The van der Waals surface area contributed by atoms with Gasteiger partial charge in [0.1, 0.15) is 5.75 Å². The van der Waals surface area contributed by atoms with Gasteiger partial charge in [0, 0.05) is 25.1 Å². The average molecular weight is 384 g/mol. The number of nitrogens with two attached hydrogens (primary N) is 2. The molecule has 1 amide bonds. The van der Waals surface area contributed by atoms with Gasteiger partial charge in [-0.1, -0.05) is 38.6 Å². The van der Waals surface area contributed by atoms with Crippen molar-refractivity contribution < 1.29 is 9.53 Å². The summed E-state index contributed by atoms with van der Waals surface area (Å²) in [4.78, 5) is 11.0. The number of hydrogen-bond donors (Lipinski definition) is 3. The van der Waals surface area contributed by atoms with Crippen molar-refractivity contribution in [1.29, 1.82) is 0 Å². The number of aryl methyl sites for hydroxylation is 1. The molecule has 0 aromatic heterocycles. The van der Waals surface area contributed by atoms with E-state index in [1.165, 1.54) is 13.1 Å². The molecule has 0 aliphatic rings. The molecule has 0 aliphatic carbocycles. The SMILES string of the molecule is C=C=C(CC(N)/C=C\C(=C/N)CNC(C)=O)c1cc(C)cc(OCC(C)C)c1. The largest absolute Gasteiger partial charge is 0.493 e. The van der Waals surface area contributed by atoms with Crippen LogP contribution in [0.15, 0.2) is 54.4 Å². The molecule has 0 aliphatic heterocycles.